The van der Waals surface area contributed by atoms with Gasteiger partial charge in [-0.25, -0.2) is 0 Å². The largest absolute Gasteiger partial charge is 0.399 e. The van der Waals surface area contributed by atoms with E-state index in [-0.39, 0.29) is 5.69 Å². The Labute approximate surface area is 117 Å². The Hall–Kier alpha value is -2.82. The van der Waals surface area contributed by atoms with Gasteiger partial charge in [0.05, 0.1) is 4.92 Å². The third kappa shape index (κ3) is 5.68. The number of rotatable bonds is 4. The molecule has 0 radical (unpaired) electrons. The summed E-state index contributed by atoms with van der Waals surface area (Å²) in [6, 6.07) is 15.9. The van der Waals surface area contributed by atoms with E-state index in [1.807, 2.05) is 36.4 Å². The molecule has 0 aromatic heterocycles. The number of nitro benzene ring substituents is 1. The summed E-state index contributed by atoms with van der Waals surface area (Å²) >= 11 is 0. The lowest BCUT2D eigenvalue weighted by molar-refractivity contribution is -0.384. The maximum Gasteiger partial charge on any atom is 0.271 e. The zero-order valence-electron chi connectivity index (χ0n) is 11.0. The second kappa shape index (κ2) is 8.31. The van der Waals surface area contributed by atoms with Crippen LogP contribution >= 0.6 is 0 Å². The van der Waals surface area contributed by atoms with Gasteiger partial charge in [0.15, 0.2) is 0 Å². The van der Waals surface area contributed by atoms with Crippen molar-refractivity contribution in [3.63, 3.8) is 0 Å². The summed E-state index contributed by atoms with van der Waals surface area (Å²) in [5.74, 6) is 0. The molecular weight excluding hydrogens is 254 g/mol. The molecule has 5 heteroatoms. The summed E-state index contributed by atoms with van der Waals surface area (Å²) in [5.41, 5.74) is 6.87. The van der Waals surface area contributed by atoms with Gasteiger partial charge in [0, 0.05) is 30.1 Å². The maximum atomic E-state index is 10.1. The molecule has 0 aliphatic heterocycles. The van der Waals surface area contributed by atoms with E-state index in [0.717, 1.165) is 12.2 Å². The van der Waals surface area contributed by atoms with Gasteiger partial charge in [0.25, 0.3) is 5.69 Å². The molecule has 20 heavy (non-hydrogen) atoms. The van der Waals surface area contributed by atoms with Crippen LogP contribution in [0.25, 0.3) is 0 Å². The highest BCUT2D eigenvalue weighted by Crippen LogP contribution is 2.13. The van der Waals surface area contributed by atoms with Gasteiger partial charge in [-0.2, -0.15) is 0 Å². The molecule has 0 saturated heterocycles. The smallest absolute Gasteiger partial charge is 0.271 e. The molecule has 0 aliphatic rings. The van der Waals surface area contributed by atoms with E-state index in [2.05, 4.69) is 11.9 Å². The number of hydrogen-bond donors (Lipinski definition) is 2. The van der Waals surface area contributed by atoms with Crippen LogP contribution < -0.4 is 11.1 Å². The molecule has 0 atom stereocenters. The van der Waals surface area contributed by atoms with Gasteiger partial charge in [-0.3, -0.25) is 10.1 Å². The Morgan fingerprint density at radius 3 is 2.40 bits per heavy atom. The van der Waals surface area contributed by atoms with Crippen molar-refractivity contribution >= 4 is 17.1 Å². The number of hydrogen-bond acceptors (Lipinski definition) is 4. The quantitative estimate of drug-likeness (QED) is 0.386. The van der Waals surface area contributed by atoms with Crippen LogP contribution in [0.5, 0.6) is 0 Å². The van der Waals surface area contributed by atoms with Crippen molar-refractivity contribution in [2.75, 3.05) is 17.6 Å². The minimum Gasteiger partial charge on any atom is -0.399 e. The highest BCUT2D eigenvalue weighted by molar-refractivity contribution is 5.46. The number of non-ortho nitro benzene ring substituents is 1. The normalized spacial score (nSPS) is 9.00. The van der Waals surface area contributed by atoms with Crippen molar-refractivity contribution in [2.24, 2.45) is 0 Å². The van der Waals surface area contributed by atoms with Gasteiger partial charge in [0.1, 0.15) is 0 Å². The summed E-state index contributed by atoms with van der Waals surface area (Å²) in [6.07, 6.45) is 1.84. The van der Waals surface area contributed by atoms with Crippen LogP contribution in [-0.4, -0.2) is 11.5 Å². The predicted octanol–water partition coefficient (Wildman–Crippen LogP) is 3.46. The van der Waals surface area contributed by atoms with Crippen LogP contribution in [0, 0.1) is 10.1 Å². The number of para-hydroxylation sites is 1. The van der Waals surface area contributed by atoms with Crippen LogP contribution in [0.3, 0.4) is 0 Å². The molecule has 0 bridgehead atoms. The second-order valence-electron chi connectivity index (χ2n) is 3.89. The minimum atomic E-state index is -0.476. The fourth-order valence-electron chi connectivity index (χ4n) is 1.38. The van der Waals surface area contributed by atoms with Crippen molar-refractivity contribution in [3.05, 3.63) is 77.4 Å². The summed E-state index contributed by atoms with van der Waals surface area (Å²) in [4.78, 5) is 9.63. The molecule has 0 heterocycles. The van der Waals surface area contributed by atoms with Crippen molar-refractivity contribution in [1.29, 1.82) is 0 Å². The molecule has 2 aromatic carbocycles. The van der Waals surface area contributed by atoms with E-state index < -0.39 is 4.92 Å². The van der Waals surface area contributed by atoms with E-state index in [1.165, 1.54) is 12.1 Å². The summed E-state index contributed by atoms with van der Waals surface area (Å²) in [6.45, 7) is 4.44. The summed E-state index contributed by atoms with van der Waals surface area (Å²) in [7, 11) is 0. The molecule has 0 aliphatic carbocycles. The molecule has 104 valence electrons. The zero-order chi connectivity index (χ0) is 14.8. The van der Waals surface area contributed by atoms with E-state index in [9.17, 15) is 10.1 Å². The lowest BCUT2D eigenvalue weighted by atomic mass is 10.3. The van der Waals surface area contributed by atoms with Gasteiger partial charge < -0.3 is 11.1 Å². The standard InChI is InChI=1S/C9H11N.C6H6N2O2/c1-2-8-10-9-6-4-3-5-7-9;7-5-2-1-3-6(4-5)8(9)10/h2-7,10H,1,8H2;1-4H,7H2. The lowest BCUT2D eigenvalue weighted by Gasteiger charge is -2.00. The average molecular weight is 271 g/mol. The van der Waals surface area contributed by atoms with Crippen LogP contribution in [0.1, 0.15) is 0 Å². The number of nitro groups is 1. The topological polar surface area (TPSA) is 81.2 Å². The Balaban J connectivity index is 0.000000200. The van der Waals surface area contributed by atoms with Gasteiger partial charge in [-0.15, -0.1) is 6.58 Å². The van der Waals surface area contributed by atoms with Crippen LogP contribution in [-0.2, 0) is 0 Å². The lowest BCUT2D eigenvalue weighted by Crippen LogP contribution is -1.96. The van der Waals surface area contributed by atoms with Crippen molar-refractivity contribution < 1.29 is 4.92 Å². The number of nitrogens with zero attached hydrogens (tertiary/aromatic N) is 1. The van der Waals surface area contributed by atoms with Crippen molar-refractivity contribution in [2.45, 2.75) is 0 Å². The van der Waals surface area contributed by atoms with E-state index in [4.69, 9.17) is 5.73 Å². The Bertz CT molecular complexity index is 556. The minimum absolute atomic E-state index is 0.0278. The second-order valence-corrected chi connectivity index (χ2v) is 3.89. The molecule has 0 unspecified atom stereocenters. The maximum absolute atomic E-state index is 10.1. The molecule has 2 aromatic rings. The number of anilines is 2. The Kier molecular flexibility index (Phi) is 6.33. The first-order valence-electron chi connectivity index (χ1n) is 6.03. The first-order chi connectivity index (χ1) is 9.63. The number of benzene rings is 2. The summed E-state index contributed by atoms with van der Waals surface area (Å²) < 4.78 is 0. The van der Waals surface area contributed by atoms with Crippen molar-refractivity contribution in [3.8, 4) is 0 Å². The fraction of sp³-hybridized carbons (Fsp3) is 0.0667. The first-order valence-corrected chi connectivity index (χ1v) is 6.03. The molecular formula is C15H17N3O2. The number of nitrogens with one attached hydrogen (secondary N) is 1. The zero-order valence-corrected chi connectivity index (χ0v) is 11.0. The Morgan fingerprint density at radius 2 is 1.90 bits per heavy atom. The van der Waals surface area contributed by atoms with Gasteiger partial charge >= 0.3 is 0 Å². The predicted molar refractivity (Wildman–Crippen MR) is 82.6 cm³/mol. The number of nitrogens with two attached hydrogens (primary N) is 1. The number of nitrogen functional groups attached to an aromatic ring is 1. The molecule has 3 N–H and O–H groups in total. The van der Waals surface area contributed by atoms with E-state index in [1.54, 1.807) is 12.1 Å². The molecule has 0 amide bonds. The van der Waals surface area contributed by atoms with Crippen LogP contribution in [0.4, 0.5) is 17.1 Å². The van der Waals surface area contributed by atoms with E-state index in [0.29, 0.717) is 5.69 Å². The van der Waals surface area contributed by atoms with E-state index >= 15 is 0 Å². The first kappa shape index (κ1) is 15.2. The third-order valence-electron chi connectivity index (χ3n) is 2.31. The van der Waals surface area contributed by atoms with Gasteiger partial charge in [-0.05, 0) is 18.2 Å². The third-order valence-corrected chi connectivity index (χ3v) is 2.31. The van der Waals surface area contributed by atoms with Crippen LogP contribution in [0.2, 0.25) is 0 Å². The highest BCUT2D eigenvalue weighted by Gasteiger charge is 2.02. The van der Waals surface area contributed by atoms with Crippen LogP contribution in [0.15, 0.2) is 67.3 Å². The van der Waals surface area contributed by atoms with Gasteiger partial charge in [-0.1, -0.05) is 30.3 Å². The average Bonchev–Trinajstić information content (AvgIpc) is 2.47. The summed E-state index contributed by atoms with van der Waals surface area (Å²) in [5, 5.41) is 13.3. The Morgan fingerprint density at radius 1 is 1.20 bits per heavy atom. The monoisotopic (exact) mass is 271 g/mol. The molecule has 0 spiro atoms. The SMILES string of the molecule is C=CCNc1ccccc1.Nc1cccc([N+](=O)[O-])c1. The highest BCUT2D eigenvalue weighted by atomic mass is 16.6. The fourth-order valence-corrected chi connectivity index (χ4v) is 1.38. The molecule has 0 fully saturated rings. The molecule has 0 saturated carbocycles. The molecule has 5 nitrogen and oxygen atoms in total. The molecule has 2 rings (SSSR count). The van der Waals surface area contributed by atoms with Crippen molar-refractivity contribution in [1.82, 2.24) is 0 Å². The van der Waals surface area contributed by atoms with Gasteiger partial charge in [0.2, 0.25) is 0 Å².